The molecule has 8 nitrogen and oxygen atoms in total. The Labute approximate surface area is 174 Å². The first kappa shape index (κ1) is 21.4. The third kappa shape index (κ3) is 4.48. The van der Waals surface area contributed by atoms with Crippen molar-refractivity contribution in [3.05, 3.63) is 23.0 Å². The standard InChI is InChI=1S/C20H25ClN2O6/c1-4-13-11-12(9-10-28-13)23(20(25)27-6-3)17-16-14(7-8-15(21)22-16)29-18(17)19(24)26-5-2/h7-8,12-13H,4-6,9-11H2,1-3H3/t12-,13-/m0/s1. The molecule has 0 bridgehead atoms. The molecule has 1 aliphatic heterocycles. The second kappa shape index (κ2) is 9.45. The molecule has 2 atom stereocenters. The SMILES string of the molecule is CCOC(=O)c1oc2ccc(Cl)nc2c1N(C(=O)OCC)[C@H]1CCO[C@@H](CC)C1. The van der Waals surface area contributed by atoms with Gasteiger partial charge in [-0.2, -0.15) is 0 Å². The Hall–Kier alpha value is -2.32. The zero-order chi connectivity index (χ0) is 21.0. The number of furan rings is 1. The first-order valence-corrected chi connectivity index (χ1v) is 10.2. The fourth-order valence-electron chi connectivity index (χ4n) is 3.49. The summed E-state index contributed by atoms with van der Waals surface area (Å²) >= 11 is 6.09. The van der Waals surface area contributed by atoms with Crippen molar-refractivity contribution < 1.29 is 28.2 Å². The quantitative estimate of drug-likeness (QED) is 0.495. The van der Waals surface area contributed by atoms with Gasteiger partial charge in [0.05, 0.1) is 19.3 Å². The minimum absolute atomic E-state index is 0.00596. The van der Waals surface area contributed by atoms with E-state index >= 15 is 0 Å². The molecule has 0 aromatic carbocycles. The number of nitrogens with zero attached hydrogens (tertiary/aromatic N) is 2. The third-order valence-corrected chi connectivity index (χ3v) is 5.01. The van der Waals surface area contributed by atoms with Crippen LogP contribution < -0.4 is 4.90 Å². The zero-order valence-electron chi connectivity index (χ0n) is 16.8. The van der Waals surface area contributed by atoms with E-state index in [4.69, 9.17) is 30.2 Å². The van der Waals surface area contributed by atoms with E-state index in [1.54, 1.807) is 26.0 Å². The molecule has 1 aliphatic rings. The van der Waals surface area contributed by atoms with Gasteiger partial charge < -0.3 is 18.6 Å². The number of ether oxygens (including phenoxy) is 3. The zero-order valence-corrected chi connectivity index (χ0v) is 17.5. The lowest BCUT2D eigenvalue weighted by atomic mass is 9.99. The highest BCUT2D eigenvalue weighted by Gasteiger charge is 2.38. The minimum Gasteiger partial charge on any atom is -0.460 e. The molecule has 29 heavy (non-hydrogen) atoms. The molecule has 2 aromatic rings. The number of amides is 1. The van der Waals surface area contributed by atoms with E-state index in [1.165, 1.54) is 4.90 Å². The largest absolute Gasteiger partial charge is 0.460 e. The van der Waals surface area contributed by atoms with E-state index in [2.05, 4.69) is 4.98 Å². The number of hydrogen-bond donors (Lipinski definition) is 0. The number of anilines is 1. The smallest absolute Gasteiger partial charge is 0.414 e. The van der Waals surface area contributed by atoms with Gasteiger partial charge in [0.25, 0.3) is 0 Å². The van der Waals surface area contributed by atoms with Crippen molar-refractivity contribution in [2.75, 3.05) is 24.7 Å². The minimum atomic E-state index is -0.676. The Morgan fingerprint density at radius 1 is 1.24 bits per heavy atom. The summed E-state index contributed by atoms with van der Waals surface area (Å²) in [6.07, 6.45) is 1.43. The van der Waals surface area contributed by atoms with Crippen LogP contribution in [0.1, 0.15) is 50.6 Å². The predicted molar refractivity (Wildman–Crippen MR) is 108 cm³/mol. The van der Waals surface area contributed by atoms with Crippen molar-refractivity contribution in [3.8, 4) is 0 Å². The molecule has 1 amide bonds. The Bertz CT molecular complexity index is 883. The molecular formula is C20H25ClN2O6. The van der Waals surface area contributed by atoms with Crippen LogP contribution in [-0.4, -0.2) is 49.0 Å². The van der Waals surface area contributed by atoms with Gasteiger partial charge in [0.15, 0.2) is 5.58 Å². The summed E-state index contributed by atoms with van der Waals surface area (Å²) in [5.74, 6) is -0.769. The number of aromatic nitrogens is 1. The highest BCUT2D eigenvalue weighted by molar-refractivity contribution is 6.30. The number of carbonyl (C=O) groups is 2. The third-order valence-electron chi connectivity index (χ3n) is 4.80. The van der Waals surface area contributed by atoms with Gasteiger partial charge in [-0.15, -0.1) is 0 Å². The summed E-state index contributed by atoms with van der Waals surface area (Å²) in [4.78, 5) is 31.4. The van der Waals surface area contributed by atoms with Crippen molar-refractivity contribution in [2.24, 2.45) is 0 Å². The Morgan fingerprint density at radius 2 is 2.00 bits per heavy atom. The first-order chi connectivity index (χ1) is 14.0. The van der Waals surface area contributed by atoms with E-state index in [0.29, 0.717) is 30.5 Å². The van der Waals surface area contributed by atoms with E-state index in [1.807, 2.05) is 6.92 Å². The molecule has 1 fully saturated rings. The maximum absolute atomic E-state index is 13.0. The molecule has 2 aromatic heterocycles. The van der Waals surface area contributed by atoms with E-state index in [-0.39, 0.29) is 42.0 Å². The first-order valence-electron chi connectivity index (χ1n) is 9.83. The summed E-state index contributed by atoms with van der Waals surface area (Å²) in [5, 5.41) is 0.220. The molecule has 0 saturated carbocycles. The number of halogens is 1. The van der Waals surface area contributed by atoms with Gasteiger partial charge in [-0.3, -0.25) is 4.90 Å². The van der Waals surface area contributed by atoms with E-state index < -0.39 is 12.1 Å². The molecule has 3 rings (SSSR count). The van der Waals surface area contributed by atoms with Crippen LogP contribution in [0.15, 0.2) is 16.5 Å². The van der Waals surface area contributed by atoms with Crippen LogP contribution in [-0.2, 0) is 14.2 Å². The van der Waals surface area contributed by atoms with Crippen LogP contribution in [0.4, 0.5) is 10.5 Å². The van der Waals surface area contributed by atoms with Gasteiger partial charge in [-0.05, 0) is 45.2 Å². The number of esters is 1. The maximum atomic E-state index is 13.0. The van der Waals surface area contributed by atoms with Crippen LogP contribution in [0.25, 0.3) is 11.1 Å². The van der Waals surface area contributed by atoms with Gasteiger partial charge in [-0.25, -0.2) is 14.6 Å². The lowest BCUT2D eigenvalue weighted by molar-refractivity contribution is 0.00465. The Morgan fingerprint density at radius 3 is 2.69 bits per heavy atom. The Balaban J connectivity index is 2.17. The van der Waals surface area contributed by atoms with Crippen LogP contribution in [0.2, 0.25) is 5.15 Å². The molecule has 0 aliphatic carbocycles. The van der Waals surface area contributed by atoms with Crippen molar-refractivity contribution in [1.29, 1.82) is 0 Å². The van der Waals surface area contributed by atoms with Gasteiger partial charge in [0.2, 0.25) is 5.76 Å². The molecule has 0 N–H and O–H groups in total. The molecule has 0 spiro atoms. The monoisotopic (exact) mass is 424 g/mol. The van der Waals surface area contributed by atoms with E-state index in [0.717, 1.165) is 6.42 Å². The van der Waals surface area contributed by atoms with Gasteiger partial charge >= 0.3 is 12.1 Å². The molecule has 1 saturated heterocycles. The van der Waals surface area contributed by atoms with Crippen LogP contribution >= 0.6 is 11.6 Å². The van der Waals surface area contributed by atoms with Crippen molar-refractivity contribution >= 4 is 40.5 Å². The lowest BCUT2D eigenvalue weighted by Crippen LogP contribution is -2.46. The molecular weight excluding hydrogens is 400 g/mol. The second-order valence-corrected chi connectivity index (χ2v) is 7.02. The van der Waals surface area contributed by atoms with Gasteiger partial charge in [0.1, 0.15) is 16.4 Å². The van der Waals surface area contributed by atoms with Crippen molar-refractivity contribution in [3.63, 3.8) is 0 Å². The molecule has 9 heteroatoms. The van der Waals surface area contributed by atoms with Crippen molar-refractivity contribution in [2.45, 2.75) is 52.2 Å². The lowest BCUT2D eigenvalue weighted by Gasteiger charge is -2.36. The van der Waals surface area contributed by atoms with Crippen LogP contribution in [0.5, 0.6) is 0 Å². The second-order valence-electron chi connectivity index (χ2n) is 6.63. The molecule has 158 valence electrons. The molecule has 0 unspecified atom stereocenters. The summed E-state index contributed by atoms with van der Waals surface area (Å²) < 4.78 is 22.0. The number of rotatable bonds is 6. The molecule has 3 heterocycles. The predicted octanol–water partition coefficient (Wildman–Crippen LogP) is 4.58. The average molecular weight is 425 g/mol. The highest BCUT2D eigenvalue weighted by Crippen LogP contribution is 2.38. The van der Waals surface area contributed by atoms with E-state index in [9.17, 15) is 9.59 Å². The highest BCUT2D eigenvalue weighted by atomic mass is 35.5. The maximum Gasteiger partial charge on any atom is 0.414 e. The average Bonchev–Trinajstić information content (AvgIpc) is 3.07. The summed E-state index contributed by atoms with van der Waals surface area (Å²) in [6, 6.07) is 2.92. The fourth-order valence-corrected chi connectivity index (χ4v) is 3.64. The van der Waals surface area contributed by atoms with Crippen molar-refractivity contribution in [1.82, 2.24) is 4.98 Å². The number of fused-ring (bicyclic) bond motifs is 1. The molecule has 0 radical (unpaired) electrons. The normalized spacial score (nSPS) is 19.2. The van der Waals surface area contributed by atoms with Gasteiger partial charge in [0, 0.05) is 12.6 Å². The fraction of sp³-hybridized carbons (Fsp3) is 0.550. The van der Waals surface area contributed by atoms with Crippen LogP contribution in [0.3, 0.4) is 0 Å². The summed E-state index contributed by atoms with van der Waals surface area (Å²) in [7, 11) is 0. The van der Waals surface area contributed by atoms with Crippen LogP contribution in [0, 0.1) is 0 Å². The topological polar surface area (TPSA) is 91.1 Å². The summed E-state index contributed by atoms with van der Waals surface area (Å²) in [6.45, 7) is 6.30. The number of hydrogen-bond acceptors (Lipinski definition) is 7. The number of carbonyl (C=O) groups excluding carboxylic acids is 2. The summed E-state index contributed by atoms with van der Waals surface area (Å²) in [5.41, 5.74) is 0.871. The Kier molecular flexibility index (Phi) is 6.97. The van der Waals surface area contributed by atoms with Gasteiger partial charge in [-0.1, -0.05) is 18.5 Å². The number of pyridine rings is 1.